The predicted molar refractivity (Wildman–Crippen MR) is 102 cm³/mol. The number of amides is 2. The fourth-order valence-corrected chi connectivity index (χ4v) is 2.82. The lowest BCUT2D eigenvalue weighted by Gasteiger charge is -2.15. The van der Waals surface area contributed by atoms with Gasteiger partial charge in [-0.2, -0.15) is 0 Å². The van der Waals surface area contributed by atoms with Gasteiger partial charge in [-0.25, -0.2) is 14.0 Å². The molecule has 2 aromatic carbocycles. The van der Waals surface area contributed by atoms with Crippen molar-refractivity contribution >= 4 is 22.9 Å². The number of carbonyl (C=O) groups is 2. The number of nitrogens with one attached hydrogen (secondary N) is 3. The summed E-state index contributed by atoms with van der Waals surface area (Å²) in [5.74, 6) is -1.54. The minimum atomic E-state index is -1.14. The first-order valence-corrected chi connectivity index (χ1v) is 8.74. The van der Waals surface area contributed by atoms with Gasteiger partial charge < -0.3 is 25.5 Å². The highest BCUT2D eigenvalue weighted by Gasteiger charge is 2.21. The number of carbonyl (C=O) groups excluding carboxylic acids is 1. The third kappa shape index (κ3) is 4.79. The van der Waals surface area contributed by atoms with E-state index in [1.54, 1.807) is 18.3 Å². The quantitative estimate of drug-likeness (QED) is 0.448. The Balaban J connectivity index is 1.50. The van der Waals surface area contributed by atoms with E-state index in [-0.39, 0.29) is 25.3 Å². The van der Waals surface area contributed by atoms with Gasteiger partial charge in [0, 0.05) is 23.5 Å². The summed E-state index contributed by atoms with van der Waals surface area (Å²) in [5, 5.41) is 15.3. The topological polar surface area (TPSA) is 103 Å². The van der Waals surface area contributed by atoms with Crippen molar-refractivity contribution in [3.05, 3.63) is 66.1 Å². The molecule has 1 aromatic heterocycles. The Morgan fingerprint density at radius 2 is 1.89 bits per heavy atom. The van der Waals surface area contributed by atoms with Gasteiger partial charge in [0.05, 0.1) is 6.54 Å². The first kappa shape index (κ1) is 19.2. The Hall–Kier alpha value is -3.55. The number of carboxylic acid groups (broad SMARTS) is 1. The van der Waals surface area contributed by atoms with Gasteiger partial charge in [0.1, 0.15) is 12.6 Å². The summed E-state index contributed by atoms with van der Waals surface area (Å²) in [6.45, 7) is 0.147. The van der Waals surface area contributed by atoms with E-state index in [1.807, 2.05) is 24.3 Å². The van der Waals surface area contributed by atoms with E-state index < -0.39 is 23.9 Å². The zero-order valence-corrected chi connectivity index (χ0v) is 14.9. The number of aliphatic carboxylic acids is 1. The van der Waals surface area contributed by atoms with Gasteiger partial charge in [0.2, 0.25) is 0 Å². The van der Waals surface area contributed by atoms with Crippen molar-refractivity contribution in [3.8, 4) is 5.75 Å². The van der Waals surface area contributed by atoms with Crippen molar-refractivity contribution in [2.24, 2.45) is 0 Å². The summed E-state index contributed by atoms with van der Waals surface area (Å²) in [6, 6.07) is 11.8. The molecule has 0 aliphatic heterocycles. The minimum Gasteiger partial charge on any atom is -0.489 e. The first-order chi connectivity index (χ1) is 13.5. The smallest absolute Gasteiger partial charge is 0.326 e. The van der Waals surface area contributed by atoms with Crippen molar-refractivity contribution in [2.45, 2.75) is 12.5 Å². The molecular weight excluding hydrogens is 365 g/mol. The number of carboxylic acids is 1. The van der Waals surface area contributed by atoms with Crippen LogP contribution < -0.4 is 15.4 Å². The van der Waals surface area contributed by atoms with Gasteiger partial charge >= 0.3 is 12.0 Å². The van der Waals surface area contributed by atoms with Gasteiger partial charge in [-0.05, 0) is 23.8 Å². The zero-order chi connectivity index (χ0) is 19.9. The summed E-state index contributed by atoms with van der Waals surface area (Å²) in [5.41, 5.74) is 1.70. The Labute approximate surface area is 160 Å². The third-order valence-electron chi connectivity index (χ3n) is 4.18. The Morgan fingerprint density at radius 3 is 2.68 bits per heavy atom. The summed E-state index contributed by atoms with van der Waals surface area (Å²) < 4.78 is 18.7. The molecule has 2 amide bonds. The van der Waals surface area contributed by atoms with Crippen LogP contribution in [0.4, 0.5) is 9.18 Å². The number of H-pyrrole nitrogens is 1. The molecule has 1 unspecified atom stereocenters. The number of ether oxygens (including phenoxy) is 1. The van der Waals surface area contributed by atoms with Crippen molar-refractivity contribution in [3.63, 3.8) is 0 Å². The molecule has 0 spiro atoms. The number of urea groups is 1. The summed E-state index contributed by atoms with van der Waals surface area (Å²) >= 11 is 0. The second kappa shape index (κ2) is 8.90. The third-order valence-corrected chi connectivity index (χ3v) is 4.18. The molecule has 0 fully saturated rings. The zero-order valence-electron chi connectivity index (χ0n) is 14.9. The monoisotopic (exact) mass is 385 g/mol. The van der Waals surface area contributed by atoms with E-state index in [2.05, 4.69) is 15.6 Å². The lowest BCUT2D eigenvalue weighted by atomic mass is 10.1. The highest BCUT2D eigenvalue weighted by Crippen LogP contribution is 2.19. The molecule has 28 heavy (non-hydrogen) atoms. The average Bonchev–Trinajstić information content (AvgIpc) is 3.09. The summed E-state index contributed by atoms with van der Waals surface area (Å²) in [4.78, 5) is 26.6. The van der Waals surface area contributed by atoms with Crippen LogP contribution in [0.2, 0.25) is 0 Å². The second-order valence-electron chi connectivity index (χ2n) is 6.13. The molecule has 3 rings (SSSR count). The molecule has 0 saturated carbocycles. The molecule has 146 valence electrons. The van der Waals surface area contributed by atoms with E-state index in [0.717, 1.165) is 16.5 Å². The molecule has 0 saturated heterocycles. The van der Waals surface area contributed by atoms with E-state index in [4.69, 9.17) is 4.74 Å². The van der Waals surface area contributed by atoms with Crippen LogP contribution in [0.15, 0.2) is 54.7 Å². The van der Waals surface area contributed by atoms with Crippen LogP contribution in [0.5, 0.6) is 5.75 Å². The maximum absolute atomic E-state index is 13.4. The SMILES string of the molecule is O=C(NCCOc1ccccc1F)NC(Cc1c[nH]c2ccccc12)C(=O)O. The van der Waals surface area contributed by atoms with E-state index in [0.29, 0.717) is 0 Å². The second-order valence-corrected chi connectivity index (χ2v) is 6.13. The van der Waals surface area contributed by atoms with Crippen molar-refractivity contribution in [2.75, 3.05) is 13.2 Å². The molecule has 0 aliphatic carbocycles. The fraction of sp³-hybridized carbons (Fsp3) is 0.200. The number of aromatic amines is 1. The van der Waals surface area contributed by atoms with Crippen LogP contribution in [0.25, 0.3) is 10.9 Å². The van der Waals surface area contributed by atoms with Crippen molar-refractivity contribution in [1.29, 1.82) is 0 Å². The largest absolute Gasteiger partial charge is 0.489 e. The molecule has 0 aliphatic rings. The molecule has 1 heterocycles. The molecule has 7 nitrogen and oxygen atoms in total. The molecule has 3 aromatic rings. The first-order valence-electron chi connectivity index (χ1n) is 8.74. The van der Waals surface area contributed by atoms with Gasteiger partial charge in [-0.15, -0.1) is 0 Å². The molecule has 8 heteroatoms. The summed E-state index contributed by atoms with van der Waals surface area (Å²) in [6.07, 6.45) is 1.88. The van der Waals surface area contributed by atoms with E-state index in [9.17, 15) is 19.1 Å². The lowest BCUT2D eigenvalue weighted by Crippen LogP contribution is -2.47. The number of fused-ring (bicyclic) bond motifs is 1. The maximum Gasteiger partial charge on any atom is 0.326 e. The number of aromatic nitrogens is 1. The number of benzene rings is 2. The molecule has 1 atom stereocenters. The van der Waals surface area contributed by atoms with Crippen LogP contribution in [-0.2, 0) is 11.2 Å². The number of rotatable bonds is 8. The Kier molecular flexibility index (Phi) is 6.11. The van der Waals surface area contributed by atoms with E-state index >= 15 is 0 Å². The van der Waals surface area contributed by atoms with Crippen LogP contribution >= 0.6 is 0 Å². The lowest BCUT2D eigenvalue weighted by molar-refractivity contribution is -0.139. The molecule has 4 N–H and O–H groups in total. The Bertz CT molecular complexity index is 973. The van der Waals surface area contributed by atoms with Gasteiger partial charge in [-0.3, -0.25) is 0 Å². The predicted octanol–water partition coefficient (Wildman–Crippen LogP) is 2.68. The number of hydrogen-bond acceptors (Lipinski definition) is 3. The minimum absolute atomic E-state index is 0.0501. The number of halogens is 1. The van der Waals surface area contributed by atoms with Crippen molar-refractivity contribution < 1.29 is 23.8 Å². The standard InChI is InChI=1S/C20H20FN3O4/c21-15-6-2-4-8-18(15)28-10-9-22-20(27)24-17(19(25)26)11-13-12-23-16-7-3-1-5-14(13)16/h1-8,12,17,23H,9-11H2,(H,25,26)(H2,22,24,27). The molecular formula is C20H20FN3O4. The Morgan fingerprint density at radius 1 is 1.14 bits per heavy atom. The normalized spacial score (nSPS) is 11.8. The van der Waals surface area contributed by atoms with Crippen LogP contribution in [0.3, 0.4) is 0 Å². The van der Waals surface area contributed by atoms with Crippen molar-refractivity contribution in [1.82, 2.24) is 15.6 Å². The number of hydrogen-bond donors (Lipinski definition) is 4. The maximum atomic E-state index is 13.4. The fourth-order valence-electron chi connectivity index (χ4n) is 2.82. The highest BCUT2D eigenvalue weighted by molar-refractivity contribution is 5.86. The van der Waals surface area contributed by atoms with Gasteiger partial charge in [-0.1, -0.05) is 30.3 Å². The number of para-hydroxylation sites is 2. The average molecular weight is 385 g/mol. The van der Waals surface area contributed by atoms with Crippen LogP contribution in [-0.4, -0.2) is 41.3 Å². The van der Waals surface area contributed by atoms with Gasteiger partial charge in [0.25, 0.3) is 0 Å². The van der Waals surface area contributed by atoms with Crippen LogP contribution in [0.1, 0.15) is 5.56 Å². The highest BCUT2D eigenvalue weighted by atomic mass is 19.1. The molecule has 0 bridgehead atoms. The molecule has 0 radical (unpaired) electrons. The van der Waals surface area contributed by atoms with Crippen LogP contribution in [0, 0.1) is 5.82 Å². The summed E-state index contributed by atoms with van der Waals surface area (Å²) in [7, 11) is 0. The van der Waals surface area contributed by atoms with Gasteiger partial charge in [0.15, 0.2) is 11.6 Å². The van der Waals surface area contributed by atoms with E-state index in [1.165, 1.54) is 12.1 Å².